The Labute approximate surface area is 121 Å². The maximum atomic E-state index is 12.2. The van der Waals surface area contributed by atoms with Gasteiger partial charge in [0, 0.05) is 6.07 Å². The molecule has 0 heterocycles. The highest BCUT2D eigenvalue weighted by Gasteiger charge is 2.34. The van der Waals surface area contributed by atoms with E-state index in [2.05, 4.69) is 4.74 Å². The Balaban J connectivity index is 3.23. The molecule has 0 aliphatic rings. The largest absolute Gasteiger partial charge is 0.467 e. The Morgan fingerprint density at radius 3 is 2.33 bits per heavy atom. The van der Waals surface area contributed by atoms with Crippen LogP contribution in [0.2, 0.25) is 0 Å². The lowest BCUT2D eigenvalue weighted by atomic mass is 10.1. The maximum absolute atomic E-state index is 12.2. The summed E-state index contributed by atoms with van der Waals surface area (Å²) in [4.78, 5) is 21.0. The molecule has 1 rings (SSSR count). The number of hydrogen-bond acceptors (Lipinski definition) is 7. The van der Waals surface area contributed by atoms with Crippen LogP contribution in [-0.2, 0) is 23.8 Å². The third-order valence-corrected chi connectivity index (χ3v) is 3.95. The van der Waals surface area contributed by atoms with Crippen molar-refractivity contribution in [3.05, 3.63) is 34.4 Å². The Bertz CT molecular complexity index is 639. The molecule has 0 spiro atoms. The highest BCUT2D eigenvalue weighted by atomic mass is 32.2. The SMILES string of the molecule is COC(=O)C(OS(=O)(=O)c1ccccc1[N+](=O)[O-])C(C)C. The summed E-state index contributed by atoms with van der Waals surface area (Å²) in [6.07, 6.45) is -1.38. The second-order valence-electron chi connectivity index (χ2n) is 4.46. The summed E-state index contributed by atoms with van der Waals surface area (Å²) in [5.41, 5.74) is -0.620. The normalized spacial score (nSPS) is 13.0. The number of rotatable bonds is 6. The van der Waals surface area contributed by atoms with Gasteiger partial charge in [0.05, 0.1) is 12.0 Å². The zero-order chi connectivity index (χ0) is 16.2. The Morgan fingerprint density at radius 2 is 1.86 bits per heavy atom. The molecule has 1 atom stereocenters. The van der Waals surface area contributed by atoms with E-state index in [-0.39, 0.29) is 0 Å². The van der Waals surface area contributed by atoms with Gasteiger partial charge in [0.2, 0.25) is 0 Å². The zero-order valence-corrected chi connectivity index (χ0v) is 12.5. The number of carbonyl (C=O) groups is 1. The van der Waals surface area contributed by atoms with Crippen molar-refractivity contribution in [2.24, 2.45) is 5.92 Å². The first-order valence-corrected chi connectivity index (χ1v) is 7.36. The summed E-state index contributed by atoms with van der Waals surface area (Å²) in [7, 11) is -3.38. The summed E-state index contributed by atoms with van der Waals surface area (Å²) in [5.74, 6) is -1.36. The van der Waals surface area contributed by atoms with Crippen molar-refractivity contribution >= 4 is 21.8 Å². The van der Waals surface area contributed by atoms with Crippen molar-refractivity contribution in [1.29, 1.82) is 0 Å². The smallest absolute Gasteiger partial charge is 0.336 e. The van der Waals surface area contributed by atoms with Crippen LogP contribution in [0.4, 0.5) is 5.69 Å². The predicted molar refractivity (Wildman–Crippen MR) is 72.0 cm³/mol. The third-order valence-electron chi connectivity index (χ3n) is 2.60. The molecule has 0 bridgehead atoms. The molecule has 0 saturated carbocycles. The van der Waals surface area contributed by atoms with Gasteiger partial charge in [-0.05, 0) is 12.0 Å². The van der Waals surface area contributed by atoms with Gasteiger partial charge in [0.1, 0.15) is 0 Å². The molecular weight excluding hydrogens is 302 g/mol. The van der Waals surface area contributed by atoms with Crippen LogP contribution in [0, 0.1) is 16.0 Å². The molecule has 0 fully saturated rings. The minimum absolute atomic E-state index is 0.491. The van der Waals surface area contributed by atoms with E-state index in [1.54, 1.807) is 13.8 Å². The van der Waals surface area contributed by atoms with Gasteiger partial charge in [0.25, 0.3) is 5.69 Å². The van der Waals surface area contributed by atoms with Crippen LogP contribution in [0.1, 0.15) is 13.8 Å². The van der Waals surface area contributed by atoms with Gasteiger partial charge >= 0.3 is 16.1 Å². The number of hydrogen-bond donors (Lipinski definition) is 0. The first-order chi connectivity index (χ1) is 9.70. The van der Waals surface area contributed by atoms with E-state index < -0.39 is 43.6 Å². The van der Waals surface area contributed by atoms with Gasteiger partial charge in [-0.25, -0.2) is 4.79 Å². The fraction of sp³-hybridized carbons (Fsp3) is 0.417. The van der Waals surface area contributed by atoms with Gasteiger partial charge in [0.15, 0.2) is 11.0 Å². The molecule has 0 radical (unpaired) electrons. The van der Waals surface area contributed by atoms with Crippen molar-refractivity contribution in [2.45, 2.75) is 24.8 Å². The van der Waals surface area contributed by atoms with Crippen LogP contribution in [0.15, 0.2) is 29.2 Å². The van der Waals surface area contributed by atoms with E-state index in [1.165, 1.54) is 12.1 Å². The van der Waals surface area contributed by atoms with Crippen LogP contribution in [0.25, 0.3) is 0 Å². The molecule has 0 amide bonds. The van der Waals surface area contributed by atoms with Gasteiger partial charge in [-0.2, -0.15) is 8.42 Å². The van der Waals surface area contributed by atoms with E-state index in [0.717, 1.165) is 19.2 Å². The summed E-state index contributed by atoms with van der Waals surface area (Å²) < 4.78 is 33.6. The zero-order valence-electron chi connectivity index (χ0n) is 11.7. The number of esters is 1. The molecule has 1 aromatic carbocycles. The highest BCUT2D eigenvalue weighted by Crippen LogP contribution is 2.26. The minimum Gasteiger partial charge on any atom is -0.467 e. The van der Waals surface area contributed by atoms with Crippen molar-refractivity contribution in [3.63, 3.8) is 0 Å². The molecular formula is C12H15NO7S. The van der Waals surface area contributed by atoms with Crippen molar-refractivity contribution < 1.29 is 27.1 Å². The predicted octanol–water partition coefficient (Wildman–Crippen LogP) is 1.50. The van der Waals surface area contributed by atoms with Crippen LogP contribution < -0.4 is 0 Å². The molecule has 116 valence electrons. The van der Waals surface area contributed by atoms with E-state index in [4.69, 9.17) is 4.18 Å². The van der Waals surface area contributed by atoms with Gasteiger partial charge < -0.3 is 4.74 Å². The molecule has 1 aromatic rings. The topological polar surface area (TPSA) is 113 Å². The second-order valence-corrected chi connectivity index (χ2v) is 6.00. The average molecular weight is 317 g/mol. The fourth-order valence-corrected chi connectivity index (χ4v) is 2.87. The standard InChI is InChI=1S/C12H15NO7S/c1-8(2)11(12(14)19-3)20-21(17,18)10-7-5-4-6-9(10)13(15)16/h4-8,11H,1-3H3. The average Bonchev–Trinajstić information content (AvgIpc) is 2.43. The lowest BCUT2D eigenvalue weighted by Crippen LogP contribution is -2.33. The van der Waals surface area contributed by atoms with Gasteiger partial charge in [-0.1, -0.05) is 26.0 Å². The first-order valence-electron chi connectivity index (χ1n) is 5.95. The van der Waals surface area contributed by atoms with Crippen LogP contribution in [-0.4, -0.2) is 32.5 Å². The molecule has 0 saturated heterocycles. The number of nitro benzene ring substituents is 1. The number of methoxy groups -OCH3 is 1. The quantitative estimate of drug-likeness (QED) is 0.338. The summed E-state index contributed by atoms with van der Waals surface area (Å²) in [6.45, 7) is 3.13. The molecule has 0 aromatic heterocycles. The summed E-state index contributed by atoms with van der Waals surface area (Å²) >= 11 is 0. The second kappa shape index (κ2) is 6.64. The summed E-state index contributed by atoms with van der Waals surface area (Å²) in [5, 5.41) is 10.9. The van der Waals surface area contributed by atoms with Crippen molar-refractivity contribution in [1.82, 2.24) is 0 Å². The number of benzene rings is 1. The first kappa shape index (κ1) is 17.1. The van der Waals surface area contributed by atoms with E-state index in [9.17, 15) is 23.3 Å². The van der Waals surface area contributed by atoms with E-state index >= 15 is 0 Å². The maximum Gasteiger partial charge on any atom is 0.336 e. The Hall–Kier alpha value is -2.00. The van der Waals surface area contributed by atoms with E-state index in [1.807, 2.05) is 0 Å². The Morgan fingerprint density at radius 1 is 1.29 bits per heavy atom. The lowest BCUT2D eigenvalue weighted by Gasteiger charge is -2.18. The van der Waals surface area contributed by atoms with Crippen LogP contribution in [0.3, 0.4) is 0 Å². The number of carbonyl (C=O) groups excluding carboxylic acids is 1. The number of nitrogens with zero attached hydrogens (tertiary/aromatic N) is 1. The third kappa shape index (κ3) is 3.99. The molecule has 21 heavy (non-hydrogen) atoms. The van der Waals surface area contributed by atoms with Gasteiger partial charge in [-0.3, -0.25) is 14.3 Å². The molecule has 0 aliphatic carbocycles. The highest BCUT2D eigenvalue weighted by molar-refractivity contribution is 7.87. The van der Waals surface area contributed by atoms with E-state index in [0.29, 0.717) is 0 Å². The number of nitro groups is 1. The number of ether oxygens (including phenoxy) is 1. The fourth-order valence-electron chi connectivity index (χ4n) is 1.55. The minimum atomic E-state index is -4.48. The monoisotopic (exact) mass is 317 g/mol. The molecule has 0 N–H and O–H groups in total. The van der Waals surface area contributed by atoms with Crippen LogP contribution >= 0.6 is 0 Å². The molecule has 0 aliphatic heterocycles. The van der Waals surface area contributed by atoms with Crippen molar-refractivity contribution in [2.75, 3.05) is 7.11 Å². The van der Waals surface area contributed by atoms with Crippen molar-refractivity contribution in [3.8, 4) is 0 Å². The molecule has 8 nitrogen and oxygen atoms in total. The van der Waals surface area contributed by atoms with Gasteiger partial charge in [-0.15, -0.1) is 0 Å². The Kier molecular flexibility index (Phi) is 5.39. The summed E-state index contributed by atoms with van der Waals surface area (Å²) in [6, 6.07) is 4.74. The molecule has 1 unspecified atom stereocenters. The molecule has 9 heteroatoms. The number of para-hydroxylation sites is 1. The van der Waals surface area contributed by atoms with Crippen LogP contribution in [0.5, 0.6) is 0 Å². The lowest BCUT2D eigenvalue weighted by molar-refractivity contribution is -0.387.